The highest BCUT2D eigenvalue weighted by Gasteiger charge is 2.25. The molecule has 5 heteroatoms. The average Bonchev–Trinajstić information content (AvgIpc) is 2.79. The lowest BCUT2D eigenvalue weighted by atomic mass is 10.1. The van der Waals surface area contributed by atoms with Crippen LogP contribution in [0.15, 0.2) is 24.3 Å². The van der Waals surface area contributed by atoms with E-state index in [4.69, 9.17) is 5.73 Å². The molecule has 2 rings (SSSR count). The van der Waals surface area contributed by atoms with Gasteiger partial charge in [0.2, 0.25) is 5.91 Å². The van der Waals surface area contributed by atoms with Gasteiger partial charge in [-0.05, 0) is 31.9 Å². The Kier molecular flexibility index (Phi) is 6.16. The van der Waals surface area contributed by atoms with E-state index in [0.29, 0.717) is 38.2 Å². The molecule has 1 heterocycles. The Labute approximate surface area is 138 Å². The third-order valence-corrected chi connectivity index (χ3v) is 4.28. The first-order valence-corrected chi connectivity index (χ1v) is 8.43. The van der Waals surface area contributed by atoms with E-state index in [1.807, 2.05) is 47.9 Å². The van der Waals surface area contributed by atoms with Crippen LogP contribution in [0.4, 0.5) is 0 Å². The summed E-state index contributed by atoms with van der Waals surface area (Å²) < 4.78 is 0. The average molecular weight is 317 g/mol. The molecule has 2 amide bonds. The third kappa shape index (κ3) is 4.55. The molecule has 0 radical (unpaired) electrons. The van der Waals surface area contributed by atoms with Crippen molar-refractivity contribution in [3.8, 4) is 0 Å². The second-order valence-electron chi connectivity index (χ2n) is 6.24. The number of nitrogens with zero attached hydrogens (tertiary/aromatic N) is 2. The van der Waals surface area contributed by atoms with Crippen LogP contribution >= 0.6 is 0 Å². The Hall–Kier alpha value is -1.88. The quantitative estimate of drug-likeness (QED) is 0.921. The van der Waals surface area contributed by atoms with Crippen molar-refractivity contribution >= 4 is 11.8 Å². The topological polar surface area (TPSA) is 66.6 Å². The number of hydrogen-bond donors (Lipinski definition) is 1. The minimum Gasteiger partial charge on any atom is -0.340 e. The first-order chi connectivity index (χ1) is 11.0. The van der Waals surface area contributed by atoms with Gasteiger partial charge in [0.05, 0.1) is 6.04 Å². The maximum absolute atomic E-state index is 12.6. The normalized spacial score (nSPS) is 16.8. The second-order valence-corrected chi connectivity index (χ2v) is 6.24. The molecular weight excluding hydrogens is 290 g/mol. The molecule has 0 saturated carbocycles. The first kappa shape index (κ1) is 17.5. The number of rotatable bonds is 4. The molecule has 1 fully saturated rings. The van der Waals surface area contributed by atoms with E-state index in [9.17, 15) is 9.59 Å². The smallest absolute Gasteiger partial charge is 0.253 e. The van der Waals surface area contributed by atoms with Gasteiger partial charge in [-0.2, -0.15) is 0 Å². The van der Waals surface area contributed by atoms with Crippen molar-refractivity contribution in [2.75, 3.05) is 26.2 Å². The van der Waals surface area contributed by atoms with Gasteiger partial charge in [-0.15, -0.1) is 0 Å². The molecular formula is C18H27N3O2. The number of benzene rings is 1. The number of carbonyl (C=O) groups excluding carboxylic acids is 2. The standard InChI is InChI=1S/C18H27N3O2/c1-3-6-16(19)18(23)21-10-5-9-20(11-12-21)17(22)15-8-4-7-14(2)13-15/h4,7-8,13,16H,3,5-6,9-12,19H2,1-2H3. The van der Waals surface area contributed by atoms with Gasteiger partial charge in [-0.25, -0.2) is 0 Å². The SMILES string of the molecule is CCCC(N)C(=O)N1CCCN(C(=O)c2cccc(C)c2)CC1. The molecule has 1 unspecified atom stereocenters. The fourth-order valence-corrected chi connectivity index (χ4v) is 2.97. The maximum atomic E-state index is 12.6. The van der Waals surface area contributed by atoms with Crippen molar-refractivity contribution in [2.45, 2.75) is 39.2 Å². The fraction of sp³-hybridized carbons (Fsp3) is 0.556. The summed E-state index contributed by atoms with van der Waals surface area (Å²) in [5.74, 6) is 0.0533. The van der Waals surface area contributed by atoms with Crippen LogP contribution in [0.2, 0.25) is 0 Å². The van der Waals surface area contributed by atoms with Gasteiger partial charge in [-0.3, -0.25) is 9.59 Å². The molecule has 23 heavy (non-hydrogen) atoms. The Balaban J connectivity index is 1.98. The van der Waals surface area contributed by atoms with Crippen molar-refractivity contribution < 1.29 is 9.59 Å². The van der Waals surface area contributed by atoms with Crippen LogP contribution in [0.5, 0.6) is 0 Å². The van der Waals surface area contributed by atoms with E-state index in [2.05, 4.69) is 0 Å². The Morgan fingerprint density at radius 1 is 1.17 bits per heavy atom. The molecule has 1 aromatic carbocycles. The molecule has 0 spiro atoms. The van der Waals surface area contributed by atoms with Crippen molar-refractivity contribution in [1.82, 2.24) is 9.80 Å². The molecule has 2 N–H and O–H groups in total. The number of nitrogens with two attached hydrogens (primary N) is 1. The molecule has 5 nitrogen and oxygen atoms in total. The highest BCUT2D eigenvalue weighted by Crippen LogP contribution is 2.12. The van der Waals surface area contributed by atoms with Gasteiger partial charge in [0.15, 0.2) is 0 Å². The fourth-order valence-electron chi connectivity index (χ4n) is 2.97. The number of aryl methyl sites for hydroxylation is 1. The molecule has 1 aromatic rings. The van der Waals surface area contributed by atoms with Gasteiger partial charge in [0.1, 0.15) is 0 Å². The molecule has 0 aromatic heterocycles. The summed E-state index contributed by atoms with van der Waals surface area (Å²) in [6.07, 6.45) is 2.40. The Bertz CT molecular complexity index is 559. The van der Waals surface area contributed by atoms with E-state index in [1.54, 1.807) is 0 Å². The van der Waals surface area contributed by atoms with Gasteiger partial charge in [-0.1, -0.05) is 31.0 Å². The van der Waals surface area contributed by atoms with Crippen LogP contribution in [0.25, 0.3) is 0 Å². The zero-order valence-electron chi connectivity index (χ0n) is 14.1. The summed E-state index contributed by atoms with van der Waals surface area (Å²) in [6.45, 7) is 6.49. The van der Waals surface area contributed by atoms with Crippen molar-refractivity contribution in [3.05, 3.63) is 35.4 Å². The molecule has 0 bridgehead atoms. The van der Waals surface area contributed by atoms with E-state index in [0.717, 1.165) is 18.4 Å². The highest BCUT2D eigenvalue weighted by atomic mass is 16.2. The van der Waals surface area contributed by atoms with E-state index < -0.39 is 6.04 Å². The maximum Gasteiger partial charge on any atom is 0.253 e. The highest BCUT2D eigenvalue weighted by molar-refractivity contribution is 5.94. The zero-order chi connectivity index (χ0) is 16.8. The molecule has 1 atom stereocenters. The van der Waals surface area contributed by atoms with E-state index in [1.165, 1.54) is 0 Å². The van der Waals surface area contributed by atoms with E-state index >= 15 is 0 Å². The van der Waals surface area contributed by atoms with Gasteiger partial charge < -0.3 is 15.5 Å². The molecule has 1 aliphatic heterocycles. The van der Waals surface area contributed by atoms with Crippen LogP contribution in [-0.4, -0.2) is 53.8 Å². The predicted octanol–water partition coefficient (Wildman–Crippen LogP) is 1.80. The van der Waals surface area contributed by atoms with E-state index in [-0.39, 0.29) is 11.8 Å². The van der Waals surface area contributed by atoms with Gasteiger partial charge in [0.25, 0.3) is 5.91 Å². The van der Waals surface area contributed by atoms with Crippen LogP contribution in [-0.2, 0) is 4.79 Å². The summed E-state index contributed by atoms with van der Waals surface area (Å²) in [4.78, 5) is 28.6. The van der Waals surface area contributed by atoms with Crippen LogP contribution in [0.3, 0.4) is 0 Å². The zero-order valence-corrected chi connectivity index (χ0v) is 14.1. The number of amides is 2. The largest absolute Gasteiger partial charge is 0.340 e. The summed E-state index contributed by atoms with van der Waals surface area (Å²) in [7, 11) is 0. The van der Waals surface area contributed by atoms with Gasteiger partial charge >= 0.3 is 0 Å². The van der Waals surface area contributed by atoms with Crippen LogP contribution < -0.4 is 5.73 Å². The minimum atomic E-state index is -0.418. The number of carbonyl (C=O) groups is 2. The third-order valence-electron chi connectivity index (χ3n) is 4.28. The predicted molar refractivity (Wildman–Crippen MR) is 91.2 cm³/mol. The van der Waals surface area contributed by atoms with Crippen molar-refractivity contribution in [3.63, 3.8) is 0 Å². The minimum absolute atomic E-state index is 0.0108. The van der Waals surface area contributed by atoms with Crippen LogP contribution in [0.1, 0.15) is 42.1 Å². The molecule has 0 aliphatic carbocycles. The van der Waals surface area contributed by atoms with Crippen molar-refractivity contribution in [1.29, 1.82) is 0 Å². The summed E-state index contributed by atoms with van der Waals surface area (Å²) in [6, 6.07) is 7.22. The summed E-state index contributed by atoms with van der Waals surface area (Å²) in [5.41, 5.74) is 7.73. The Morgan fingerprint density at radius 3 is 2.57 bits per heavy atom. The van der Waals surface area contributed by atoms with Crippen molar-refractivity contribution in [2.24, 2.45) is 5.73 Å². The lowest BCUT2D eigenvalue weighted by Gasteiger charge is -2.24. The summed E-state index contributed by atoms with van der Waals surface area (Å²) in [5, 5.41) is 0. The lowest BCUT2D eigenvalue weighted by molar-refractivity contribution is -0.132. The molecule has 126 valence electrons. The van der Waals surface area contributed by atoms with Crippen LogP contribution in [0, 0.1) is 6.92 Å². The number of hydrogen-bond acceptors (Lipinski definition) is 3. The molecule has 1 saturated heterocycles. The monoisotopic (exact) mass is 317 g/mol. The van der Waals surface area contributed by atoms with Gasteiger partial charge in [0, 0.05) is 31.7 Å². The molecule has 1 aliphatic rings. The summed E-state index contributed by atoms with van der Waals surface area (Å²) >= 11 is 0. The second kappa shape index (κ2) is 8.11. The first-order valence-electron chi connectivity index (χ1n) is 8.43. The lowest BCUT2D eigenvalue weighted by Crippen LogP contribution is -2.45. The Morgan fingerprint density at radius 2 is 1.87 bits per heavy atom.